The van der Waals surface area contributed by atoms with Gasteiger partial charge in [0, 0.05) is 45.0 Å². The number of aromatic nitrogens is 3. The third kappa shape index (κ3) is 4.17. The predicted octanol–water partition coefficient (Wildman–Crippen LogP) is 1.62. The van der Waals surface area contributed by atoms with E-state index < -0.39 is 0 Å². The first-order valence-corrected chi connectivity index (χ1v) is 9.72. The number of ether oxygens (including phenoxy) is 1. The first-order valence-electron chi connectivity index (χ1n) is 9.72. The number of anilines is 1. The number of hydrogen-bond donors (Lipinski definition) is 0. The molecule has 0 aliphatic carbocycles. The van der Waals surface area contributed by atoms with E-state index in [1.54, 1.807) is 4.52 Å². The second-order valence-corrected chi connectivity index (χ2v) is 7.53. The second-order valence-electron chi connectivity index (χ2n) is 7.53. The molecule has 2 aromatic heterocycles. The molecule has 0 saturated heterocycles. The van der Waals surface area contributed by atoms with E-state index in [1.165, 1.54) is 0 Å². The molecule has 1 aromatic carbocycles. The highest BCUT2D eigenvalue weighted by molar-refractivity contribution is 5.79. The van der Waals surface area contributed by atoms with Crippen molar-refractivity contribution in [2.24, 2.45) is 0 Å². The van der Waals surface area contributed by atoms with E-state index in [1.807, 2.05) is 68.8 Å². The Balaban J connectivity index is 1.72. The van der Waals surface area contributed by atoms with E-state index in [0.717, 1.165) is 29.1 Å². The normalized spacial score (nSPS) is 15.1. The van der Waals surface area contributed by atoms with E-state index in [0.29, 0.717) is 25.4 Å². The molecular weight excluding hydrogens is 368 g/mol. The van der Waals surface area contributed by atoms with Crippen LogP contribution in [0.3, 0.4) is 0 Å². The van der Waals surface area contributed by atoms with Crippen LogP contribution in [0.1, 0.15) is 0 Å². The highest BCUT2D eigenvalue weighted by Crippen LogP contribution is 2.28. The van der Waals surface area contributed by atoms with Gasteiger partial charge in [0.15, 0.2) is 12.3 Å². The van der Waals surface area contributed by atoms with Crippen LogP contribution in [0.15, 0.2) is 42.7 Å². The summed E-state index contributed by atoms with van der Waals surface area (Å²) in [6.07, 6.45) is 3.73. The largest absolute Gasteiger partial charge is 0.484 e. The van der Waals surface area contributed by atoms with Crippen molar-refractivity contribution < 1.29 is 9.53 Å². The van der Waals surface area contributed by atoms with Gasteiger partial charge in [-0.05, 0) is 37.9 Å². The Morgan fingerprint density at radius 3 is 2.90 bits per heavy atom. The van der Waals surface area contributed by atoms with Gasteiger partial charge in [0.2, 0.25) is 0 Å². The molecule has 0 fully saturated rings. The van der Waals surface area contributed by atoms with Gasteiger partial charge in [-0.15, -0.1) is 0 Å². The molecule has 0 atom stereocenters. The molecule has 152 valence electrons. The summed E-state index contributed by atoms with van der Waals surface area (Å²) in [5, 5.41) is 4.42. The average Bonchev–Trinajstić information content (AvgIpc) is 3.14. The van der Waals surface area contributed by atoms with Crippen LogP contribution in [0.2, 0.25) is 0 Å². The smallest absolute Gasteiger partial charge is 0.260 e. The van der Waals surface area contributed by atoms with Crippen LogP contribution in [0.4, 0.5) is 5.82 Å². The minimum absolute atomic E-state index is 0.0163. The number of hydrogen-bond acceptors (Lipinski definition) is 6. The maximum Gasteiger partial charge on any atom is 0.260 e. The van der Waals surface area contributed by atoms with Gasteiger partial charge in [-0.3, -0.25) is 4.79 Å². The molecule has 0 radical (unpaired) electrons. The van der Waals surface area contributed by atoms with Crippen molar-refractivity contribution in [2.45, 2.75) is 0 Å². The molecule has 29 heavy (non-hydrogen) atoms. The Morgan fingerprint density at radius 2 is 2.07 bits per heavy atom. The average molecular weight is 394 g/mol. The fourth-order valence-electron chi connectivity index (χ4n) is 3.33. The van der Waals surface area contributed by atoms with Gasteiger partial charge in [-0.25, -0.2) is 9.50 Å². The molecular formula is C21H26N6O2. The zero-order chi connectivity index (χ0) is 20.4. The molecule has 1 aliphatic rings. The topological polar surface area (TPSA) is 66.2 Å². The summed E-state index contributed by atoms with van der Waals surface area (Å²) >= 11 is 0. The molecule has 0 unspecified atom stereocenters. The molecule has 0 spiro atoms. The van der Waals surface area contributed by atoms with Gasteiger partial charge in [-0.2, -0.15) is 5.10 Å². The molecule has 3 aromatic rings. The summed E-state index contributed by atoms with van der Waals surface area (Å²) in [6, 6.07) is 9.66. The van der Waals surface area contributed by atoms with E-state index in [4.69, 9.17) is 9.72 Å². The third-order valence-electron chi connectivity index (χ3n) is 5.13. The Hall–Kier alpha value is -3.13. The Labute approximate surface area is 170 Å². The molecule has 8 nitrogen and oxygen atoms in total. The van der Waals surface area contributed by atoms with Gasteiger partial charge >= 0.3 is 0 Å². The van der Waals surface area contributed by atoms with Crippen molar-refractivity contribution in [1.82, 2.24) is 24.4 Å². The van der Waals surface area contributed by atoms with Crippen molar-refractivity contribution >= 4 is 17.4 Å². The van der Waals surface area contributed by atoms with Gasteiger partial charge < -0.3 is 19.4 Å². The zero-order valence-electron chi connectivity index (χ0n) is 17.1. The van der Waals surface area contributed by atoms with Crippen LogP contribution >= 0.6 is 0 Å². The monoisotopic (exact) mass is 394 g/mol. The van der Waals surface area contributed by atoms with Crippen molar-refractivity contribution in [3.63, 3.8) is 0 Å². The van der Waals surface area contributed by atoms with E-state index in [9.17, 15) is 4.79 Å². The lowest BCUT2D eigenvalue weighted by Gasteiger charge is -2.27. The summed E-state index contributed by atoms with van der Waals surface area (Å²) in [5.74, 6) is 1.49. The molecule has 8 heteroatoms. The highest BCUT2D eigenvalue weighted by Gasteiger charge is 2.18. The fourth-order valence-corrected chi connectivity index (χ4v) is 3.33. The molecule has 3 heterocycles. The van der Waals surface area contributed by atoms with E-state index >= 15 is 0 Å². The lowest BCUT2D eigenvalue weighted by atomic mass is 10.1. The van der Waals surface area contributed by atoms with Gasteiger partial charge in [0.05, 0.1) is 6.20 Å². The summed E-state index contributed by atoms with van der Waals surface area (Å²) in [7, 11) is 6.00. The molecule has 4 rings (SSSR count). The van der Waals surface area contributed by atoms with Crippen LogP contribution in [-0.2, 0) is 4.79 Å². The van der Waals surface area contributed by atoms with Gasteiger partial charge in [0.25, 0.3) is 5.91 Å². The molecule has 1 aliphatic heterocycles. The van der Waals surface area contributed by atoms with Crippen LogP contribution in [-0.4, -0.2) is 84.2 Å². The second kappa shape index (κ2) is 8.08. The number of nitrogens with zero attached hydrogens (tertiary/aromatic N) is 6. The van der Waals surface area contributed by atoms with Crippen LogP contribution in [0.25, 0.3) is 16.8 Å². The number of amides is 1. The van der Waals surface area contributed by atoms with Crippen LogP contribution in [0.5, 0.6) is 5.75 Å². The number of carbonyl (C=O) groups is 1. The minimum Gasteiger partial charge on any atom is -0.484 e. The first-order chi connectivity index (χ1) is 14.0. The number of fused-ring (bicyclic) bond motifs is 4. The first kappa shape index (κ1) is 19.2. The number of benzene rings is 1. The predicted molar refractivity (Wildman–Crippen MR) is 112 cm³/mol. The number of carbonyl (C=O) groups excluding carboxylic acids is 1. The number of likely N-dealkylation sites (N-methyl/N-ethyl adjacent to an activating group) is 2. The molecule has 0 saturated carbocycles. The maximum atomic E-state index is 12.8. The van der Waals surface area contributed by atoms with Crippen molar-refractivity contribution in [3.8, 4) is 16.9 Å². The molecule has 0 N–H and O–H groups in total. The van der Waals surface area contributed by atoms with Crippen molar-refractivity contribution in [3.05, 3.63) is 42.7 Å². The summed E-state index contributed by atoms with van der Waals surface area (Å²) < 4.78 is 7.61. The van der Waals surface area contributed by atoms with Crippen molar-refractivity contribution in [2.75, 3.05) is 58.8 Å². The highest BCUT2D eigenvalue weighted by atomic mass is 16.5. The SMILES string of the molecule is CN(C)CCN1CCN(C)c2ccn3ncc(c3n2)-c2cccc(c2)OCC1=O. The summed E-state index contributed by atoms with van der Waals surface area (Å²) in [5.41, 5.74) is 2.68. The van der Waals surface area contributed by atoms with Crippen molar-refractivity contribution in [1.29, 1.82) is 0 Å². The Bertz CT molecular complexity index is 1020. The lowest BCUT2D eigenvalue weighted by Crippen LogP contribution is -2.43. The molecule has 1 amide bonds. The van der Waals surface area contributed by atoms with Gasteiger partial charge in [0.1, 0.15) is 11.6 Å². The van der Waals surface area contributed by atoms with Crippen LogP contribution in [0, 0.1) is 0 Å². The fraction of sp³-hybridized carbons (Fsp3) is 0.381. The van der Waals surface area contributed by atoms with E-state index in [-0.39, 0.29) is 12.5 Å². The minimum atomic E-state index is -0.0163. The number of rotatable bonds is 3. The standard InChI is InChI=1S/C21H26N6O2/c1-24(2)9-11-26-12-10-25(3)19-7-8-27-21(23-19)18(14-22-27)16-5-4-6-17(13-16)29-15-20(26)28/h4-8,13-14H,9-12,15H2,1-3H3. The Morgan fingerprint density at radius 1 is 1.21 bits per heavy atom. The third-order valence-corrected chi connectivity index (χ3v) is 5.13. The van der Waals surface area contributed by atoms with Crippen LogP contribution < -0.4 is 9.64 Å². The maximum absolute atomic E-state index is 12.8. The summed E-state index contributed by atoms with van der Waals surface area (Å²) in [6.45, 7) is 2.76. The zero-order valence-corrected chi connectivity index (χ0v) is 17.1. The van der Waals surface area contributed by atoms with E-state index in [2.05, 4.69) is 14.9 Å². The molecule has 4 bridgehead atoms. The Kier molecular flexibility index (Phi) is 5.35. The summed E-state index contributed by atoms with van der Waals surface area (Å²) in [4.78, 5) is 23.6. The van der Waals surface area contributed by atoms with Gasteiger partial charge in [-0.1, -0.05) is 12.1 Å². The lowest BCUT2D eigenvalue weighted by molar-refractivity contribution is -0.133. The quantitative estimate of drug-likeness (QED) is 0.673.